The van der Waals surface area contributed by atoms with Crippen molar-refractivity contribution in [2.45, 2.75) is 32.3 Å². The summed E-state index contributed by atoms with van der Waals surface area (Å²) < 4.78 is 4.84. The minimum atomic E-state index is -1.56. The van der Waals surface area contributed by atoms with Crippen LogP contribution in [0.15, 0.2) is 0 Å². The molecule has 14 heavy (non-hydrogen) atoms. The van der Waals surface area contributed by atoms with Gasteiger partial charge in [0.2, 0.25) is 0 Å². The molecule has 0 fully saturated rings. The zero-order chi connectivity index (χ0) is 11.2. The second kappa shape index (κ2) is 5.65. The number of aldehydes is 2. The third kappa shape index (κ3) is 3.03. The first-order chi connectivity index (χ1) is 6.52. The molecular weight excluding hydrogens is 184 g/mol. The van der Waals surface area contributed by atoms with Gasteiger partial charge in [0.05, 0.1) is 0 Å². The fraction of sp³-hybridized carbons (Fsp3) is 0.700. The van der Waals surface area contributed by atoms with E-state index in [1.165, 1.54) is 7.11 Å². The van der Waals surface area contributed by atoms with Crippen LogP contribution in [0.5, 0.6) is 0 Å². The van der Waals surface area contributed by atoms with Crippen LogP contribution >= 0.6 is 0 Å². The number of methoxy groups -OCH3 is 1. The lowest BCUT2D eigenvalue weighted by Crippen LogP contribution is -2.43. The zero-order valence-electron chi connectivity index (χ0n) is 8.78. The minimum Gasteiger partial charge on any atom is -0.362 e. The van der Waals surface area contributed by atoms with Gasteiger partial charge in [-0.3, -0.25) is 9.59 Å². The molecule has 0 saturated carbocycles. The number of hydrogen-bond donors (Lipinski definition) is 0. The quantitative estimate of drug-likeness (QED) is 0.450. The average molecular weight is 200 g/mol. The van der Waals surface area contributed by atoms with Crippen LogP contribution in [-0.2, 0) is 19.1 Å². The fourth-order valence-electron chi connectivity index (χ4n) is 1.14. The summed E-state index contributed by atoms with van der Waals surface area (Å²) in [5.74, 6) is -0.194. The molecular formula is C10H16O4. The molecule has 1 atom stereocenters. The Morgan fingerprint density at radius 1 is 1.43 bits per heavy atom. The molecule has 0 bridgehead atoms. The monoisotopic (exact) mass is 200 g/mol. The number of ketones is 1. The number of Topliss-reactive ketones (excluding diaryl/α,β-unsaturated/α-hetero) is 1. The van der Waals surface area contributed by atoms with Gasteiger partial charge < -0.3 is 9.53 Å². The van der Waals surface area contributed by atoms with Crippen LogP contribution in [0.1, 0.15) is 26.7 Å². The molecule has 0 aromatic carbocycles. The van der Waals surface area contributed by atoms with Gasteiger partial charge in [0.25, 0.3) is 0 Å². The molecule has 0 saturated heterocycles. The van der Waals surface area contributed by atoms with Crippen molar-refractivity contribution >= 4 is 18.4 Å². The van der Waals surface area contributed by atoms with Crippen molar-refractivity contribution in [3.63, 3.8) is 0 Å². The summed E-state index contributed by atoms with van der Waals surface area (Å²) in [5, 5.41) is 0. The number of carbonyl (C=O) groups excluding carboxylic acids is 3. The predicted octanol–water partition coefficient (Wildman–Crippen LogP) is 0.775. The molecule has 0 aliphatic heterocycles. The molecule has 0 heterocycles. The Kier molecular flexibility index (Phi) is 5.23. The third-order valence-corrected chi connectivity index (χ3v) is 2.01. The number of hydrogen-bond acceptors (Lipinski definition) is 4. The molecule has 4 heteroatoms. The van der Waals surface area contributed by atoms with Gasteiger partial charge in [-0.15, -0.1) is 0 Å². The Hall–Kier alpha value is -1.03. The lowest BCUT2D eigenvalue weighted by Gasteiger charge is -2.23. The van der Waals surface area contributed by atoms with Crippen LogP contribution in [0, 0.1) is 5.92 Å². The largest absolute Gasteiger partial charge is 0.362 e. The van der Waals surface area contributed by atoms with E-state index in [0.29, 0.717) is 12.6 Å². The average Bonchev–Trinajstić information content (AvgIpc) is 2.13. The Labute approximate surface area is 83.6 Å². The number of carbonyl (C=O) groups is 3. The van der Waals surface area contributed by atoms with Crippen molar-refractivity contribution in [2.24, 2.45) is 5.92 Å². The maximum atomic E-state index is 11.6. The van der Waals surface area contributed by atoms with Crippen molar-refractivity contribution in [1.82, 2.24) is 0 Å². The topological polar surface area (TPSA) is 60.4 Å². The summed E-state index contributed by atoms with van der Waals surface area (Å²) in [4.78, 5) is 32.7. The second-order valence-corrected chi connectivity index (χ2v) is 3.60. The SMILES string of the molecule is COC(C=O)(CC=O)C(=O)CC(C)C. The van der Waals surface area contributed by atoms with Crippen molar-refractivity contribution in [3.8, 4) is 0 Å². The summed E-state index contributed by atoms with van der Waals surface area (Å²) in [6.07, 6.45) is 0.960. The van der Waals surface area contributed by atoms with Gasteiger partial charge in [-0.2, -0.15) is 0 Å². The highest BCUT2D eigenvalue weighted by molar-refractivity contribution is 6.03. The van der Waals surface area contributed by atoms with Crippen molar-refractivity contribution in [2.75, 3.05) is 7.11 Å². The fourth-order valence-corrected chi connectivity index (χ4v) is 1.14. The van der Waals surface area contributed by atoms with Gasteiger partial charge in [0, 0.05) is 20.0 Å². The summed E-state index contributed by atoms with van der Waals surface area (Å²) >= 11 is 0. The minimum absolute atomic E-state index is 0.142. The molecule has 80 valence electrons. The molecule has 1 unspecified atom stereocenters. The molecule has 0 spiro atoms. The van der Waals surface area contributed by atoms with Crippen LogP contribution in [0.2, 0.25) is 0 Å². The highest BCUT2D eigenvalue weighted by atomic mass is 16.5. The number of rotatable bonds is 7. The Bertz CT molecular complexity index is 222. The molecule has 0 rings (SSSR count). The molecule has 0 N–H and O–H groups in total. The van der Waals surface area contributed by atoms with Gasteiger partial charge in [0.15, 0.2) is 17.7 Å². The maximum Gasteiger partial charge on any atom is 0.187 e. The molecule has 0 amide bonds. The van der Waals surface area contributed by atoms with E-state index in [1.54, 1.807) is 0 Å². The summed E-state index contributed by atoms with van der Waals surface area (Å²) in [7, 11) is 1.26. The van der Waals surface area contributed by atoms with Crippen molar-refractivity contribution in [3.05, 3.63) is 0 Å². The van der Waals surface area contributed by atoms with Crippen LogP contribution < -0.4 is 0 Å². The lowest BCUT2D eigenvalue weighted by atomic mass is 9.90. The second-order valence-electron chi connectivity index (χ2n) is 3.60. The van der Waals surface area contributed by atoms with Crippen LogP contribution in [0.25, 0.3) is 0 Å². The normalized spacial score (nSPS) is 14.9. The van der Waals surface area contributed by atoms with Gasteiger partial charge in [-0.05, 0) is 5.92 Å². The van der Waals surface area contributed by atoms with E-state index in [2.05, 4.69) is 0 Å². The molecule has 0 radical (unpaired) electrons. The maximum absolute atomic E-state index is 11.6. The van der Waals surface area contributed by atoms with Crippen LogP contribution in [-0.4, -0.2) is 31.1 Å². The van der Waals surface area contributed by atoms with Gasteiger partial charge in [-0.1, -0.05) is 13.8 Å². The number of ether oxygens (including phenoxy) is 1. The molecule has 0 aromatic rings. The standard InChI is InChI=1S/C10H16O4/c1-8(2)6-9(13)10(7-12,14-3)4-5-11/h5,7-8H,4,6H2,1-3H3. The van der Waals surface area contributed by atoms with Crippen molar-refractivity contribution < 1.29 is 19.1 Å². The lowest BCUT2D eigenvalue weighted by molar-refractivity contribution is -0.150. The highest BCUT2D eigenvalue weighted by Crippen LogP contribution is 2.17. The Morgan fingerprint density at radius 3 is 2.29 bits per heavy atom. The summed E-state index contributed by atoms with van der Waals surface area (Å²) in [6.45, 7) is 3.73. The van der Waals surface area contributed by atoms with E-state index >= 15 is 0 Å². The highest BCUT2D eigenvalue weighted by Gasteiger charge is 2.37. The van der Waals surface area contributed by atoms with Crippen LogP contribution in [0.4, 0.5) is 0 Å². The summed E-state index contributed by atoms with van der Waals surface area (Å²) in [5.41, 5.74) is -1.56. The molecule has 4 nitrogen and oxygen atoms in total. The smallest absolute Gasteiger partial charge is 0.187 e. The predicted molar refractivity (Wildman–Crippen MR) is 50.9 cm³/mol. The van der Waals surface area contributed by atoms with Gasteiger partial charge in [0.1, 0.15) is 6.29 Å². The van der Waals surface area contributed by atoms with E-state index in [1.807, 2.05) is 13.8 Å². The first kappa shape index (κ1) is 13.0. The Balaban J connectivity index is 4.69. The van der Waals surface area contributed by atoms with Crippen molar-refractivity contribution in [1.29, 1.82) is 0 Å². The molecule has 0 aliphatic carbocycles. The van der Waals surface area contributed by atoms with E-state index in [0.717, 1.165) is 0 Å². The van der Waals surface area contributed by atoms with E-state index in [-0.39, 0.29) is 24.5 Å². The Morgan fingerprint density at radius 2 is 2.00 bits per heavy atom. The van der Waals surface area contributed by atoms with E-state index in [4.69, 9.17) is 4.74 Å². The summed E-state index contributed by atoms with van der Waals surface area (Å²) in [6, 6.07) is 0. The first-order valence-electron chi connectivity index (χ1n) is 4.50. The van der Waals surface area contributed by atoms with Gasteiger partial charge in [-0.25, -0.2) is 0 Å². The molecule has 0 aromatic heterocycles. The first-order valence-corrected chi connectivity index (χ1v) is 4.50. The van der Waals surface area contributed by atoms with E-state index < -0.39 is 5.60 Å². The van der Waals surface area contributed by atoms with E-state index in [9.17, 15) is 14.4 Å². The molecule has 0 aliphatic rings. The van der Waals surface area contributed by atoms with Crippen LogP contribution in [0.3, 0.4) is 0 Å². The third-order valence-electron chi connectivity index (χ3n) is 2.01. The zero-order valence-corrected chi connectivity index (χ0v) is 8.78. The van der Waals surface area contributed by atoms with Gasteiger partial charge >= 0.3 is 0 Å².